The predicted molar refractivity (Wildman–Crippen MR) is 54.6 cm³/mol. The molecule has 0 atom stereocenters. The van der Waals surface area contributed by atoms with Crippen LogP contribution in [0, 0.1) is 11.3 Å². The van der Waals surface area contributed by atoms with E-state index in [1.807, 2.05) is 6.08 Å². The highest BCUT2D eigenvalue weighted by atomic mass is 16.4. The number of hydrogen-bond donors (Lipinski definition) is 1. The van der Waals surface area contributed by atoms with E-state index in [9.17, 15) is 4.79 Å². The molecular weight excluding hydrogens is 164 g/mol. The minimum Gasteiger partial charge on any atom is -0.478 e. The summed E-state index contributed by atoms with van der Waals surface area (Å²) in [5.74, 6) is -0.259. The smallest absolute Gasteiger partial charge is 0.330 e. The second-order valence-electron chi connectivity index (χ2n) is 4.54. The molecule has 0 saturated carbocycles. The Bertz CT molecular complexity index is 212. The van der Waals surface area contributed by atoms with Gasteiger partial charge < -0.3 is 5.11 Å². The third-order valence-corrected chi connectivity index (χ3v) is 2.83. The number of allylic oxidation sites excluding steroid dienone is 1. The third kappa shape index (κ3) is 4.11. The van der Waals surface area contributed by atoms with Crippen LogP contribution in [0.5, 0.6) is 0 Å². The van der Waals surface area contributed by atoms with Gasteiger partial charge in [0, 0.05) is 5.57 Å². The van der Waals surface area contributed by atoms with E-state index in [1.165, 1.54) is 0 Å². The van der Waals surface area contributed by atoms with E-state index in [1.54, 1.807) is 6.92 Å². The molecule has 0 spiro atoms. The Kier molecular flexibility index (Phi) is 4.18. The lowest BCUT2D eigenvalue weighted by Crippen LogP contribution is -2.18. The maximum Gasteiger partial charge on any atom is 0.330 e. The summed E-state index contributed by atoms with van der Waals surface area (Å²) in [7, 11) is 0. The largest absolute Gasteiger partial charge is 0.478 e. The zero-order valence-electron chi connectivity index (χ0n) is 9.22. The van der Waals surface area contributed by atoms with Gasteiger partial charge in [-0.15, -0.1) is 0 Å². The highest BCUT2D eigenvalue weighted by Crippen LogP contribution is 2.30. The van der Waals surface area contributed by atoms with Crippen molar-refractivity contribution in [3.63, 3.8) is 0 Å². The summed E-state index contributed by atoms with van der Waals surface area (Å²) < 4.78 is 0. The first-order chi connectivity index (χ1) is 5.77. The van der Waals surface area contributed by atoms with E-state index in [-0.39, 0.29) is 5.41 Å². The van der Waals surface area contributed by atoms with Gasteiger partial charge in [-0.2, -0.15) is 0 Å². The molecule has 2 nitrogen and oxygen atoms in total. The van der Waals surface area contributed by atoms with Gasteiger partial charge >= 0.3 is 5.97 Å². The van der Waals surface area contributed by atoms with Crippen molar-refractivity contribution in [1.82, 2.24) is 0 Å². The van der Waals surface area contributed by atoms with E-state index in [4.69, 9.17) is 5.11 Å². The topological polar surface area (TPSA) is 37.3 Å². The summed E-state index contributed by atoms with van der Waals surface area (Å²) in [5, 5.41) is 8.65. The molecule has 0 saturated heterocycles. The Morgan fingerprint density at radius 1 is 1.46 bits per heavy atom. The van der Waals surface area contributed by atoms with E-state index in [0.717, 1.165) is 6.42 Å². The fraction of sp³-hybridized carbons (Fsp3) is 0.727. The second kappa shape index (κ2) is 4.45. The van der Waals surface area contributed by atoms with Crippen LogP contribution in [0.2, 0.25) is 0 Å². The molecule has 0 amide bonds. The minimum absolute atomic E-state index is 0.177. The summed E-state index contributed by atoms with van der Waals surface area (Å²) in [6.45, 7) is 10.3. The van der Waals surface area contributed by atoms with Crippen LogP contribution in [-0.2, 0) is 4.79 Å². The highest BCUT2D eigenvalue weighted by Gasteiger charge is 2.20. The fourth-order valence-electron chi connectivity index (χ4n) is 0.739. The molecule has 0 heterocycles. The summed E-state index contributed by atoms with van der Waals surface area (Å²) in [4.78, 5) is 10.5. The van der Waals surface area contributed by atoms with E-state index < -0.39 is 5.97 Å². The van der Waals surface area contributed by atoms with Gasteiger partial charge in [-0.3, -0.25) is 0 Å². The molecule has 0 aliphatic carbocycles. The Hall–Kier alpha value is -0.790. The van der Waals surface area contributed by atoms with Gasteiger partial charge in [0.25, 0.3) is 0 Å². The van der Waals surface area contributed by atoms with Gasteiger partial charge in [0.05, 0.1) is 0 Å². The molecule has 0 rings (SSSR count). The fourth-order valence-corrected chi connectivity index (χ4v) is 0.739. The molecule has 0 aliphatic heterocycles. The molecule has 0 aromatic heterocycles. The van der Waals surface area contributed by atoms with Crippen LogP contribution in [0.25, 0.3) is 0 Å². The molecular formula is C11H20O2. The molecule has 0 bridgehead atoms. The number of carboxylic acids is 1. The lowest BCUT2D eigenvalue weighted by atomic mass is 9.78. The van der Waals surface area contributed by atoms with Crippen molar-refractivity contribution in [1.29, 1.82) is 0 Å². The first kappa shape index (κ1) is 12.2. The van der Waals surface area contributed by atoms with E-state index in [0.29, 0.717) is 11.5 Å². The average Bonchev–Trinajstić information content (AvgIpc) is 1.99. The summed E-state index contributed by atoms with van der Waals surface area (Å²) in [6.07, 6.45) is 2.63. The minimum atomic E-state index is -0.820. The maximum atomic E-state index is 10.5. The third-order valence-electron chi connectivity index (χ3n) is 2.83. The van der Waals surface area contributed by atoms with Gasteiger partial charge in [-0.1, -0.05) is 33.8 Å². The lowest BCUT2D eigenvalue weighted by molar-refractivity contribution is -0.132. The summed E-state index contributed by atoms with van der Waals surface area (Å²) >= 11 is 0. The highest BCUT2D eigenvalue weighted by molar-refractivity contribution is 5.85. The number of carboxylic acid groups (broad SMARTS) is 1. The Morgan fingerprint density at radius 3 is 2.23 bits per heavy atom. The Labute approximate surface area is 80.7 Å². The number of aliphatic carboxylic acids is 1. The molecule has 0 aromatic carbocycles. The molecule has 13 heavy (non-hydrogen) atoms. The van der Waals surface area contributed by atoms with Crippen molar-refractivity contribution >= 4 is 5.97 Å². The second-order valence-corrected chi connectivity index (χ2v) is 4.54. The number of hydrogen-bond acceptors (Lipinski definition) is 1. The van der Waals surface area contributed by atoms with Gasteiger partial charge in [-0.05, 0) is 24.7 Å². The normalized spacial score (nSPS) is 13.5. The van der Waals surface area contributed by atoms with Crippen molar-refractivity contribution in [3.8, 4) is 0 Å². The van der Waals surface area contributed by atoms with Crippen molar-refractivity contribution in [3.05, 3.63) is 11.6 Å². The zero-order valence-corrected chi connectivity index (χ0v) is 9.22. The Morgan fingerprint density at radius 2 is 1.92 bits per heavy atom. The van der Waals surface area contributed by atoms with Gasteiger partial charge in [0.2, 0.25) is 0 Å². The van der Waals surface area contributed by atoms with Gasteiger partial charge in [0.15, 0.2) is 0 Å². The molecule has 0 aliphatic rings. The monoisotopic (exact) mass is 184 g/mol. The average molecular weight is 184 g/mol. The SMILES string of the molecule is CC(=CCC(C)(C)C(C)C)C(=O)O. The summed E-state index contributed by atoms with van der Waals surface area (Å²) in [5.41, 5.74) is 0.616. The van der Waals surface area contributed by atoms with Crippen molar-refractivity contribution in [2.75, 3.05) is 0 Å². The van der Waals surface area contributed by atoms with Crippen LogP contribution in [0.3, 0.4) is 0 Å². The Balaban J connectivity index is 4.31. The maximum absolute atomic E-state index is 10.5. The quantitative estimate of drug-likeness (QED) is 0.682. The predicted octanol–water partition coefficient (Wildman–Crippen LogP) is 3.09. The van der Waals surface area contributed by atoms with Gasteiger partial charge in [0.1, 0.15) is 0 Å². The molecule has 2 heteroatoms. The summed E-state index contributed by atoms with van der Waals surface area (Å²) in [6, 6.07) is 0. The molecule has 0 aromatic rings. The number of rotatable bonds is 4. The molecule has 0 fully saturated rings. The van der Waals surface area contributed by atoms with E-state index >= 15 is 0 Å². The standard InChI is InChI=1S/C11H20O2/c1-8(2)11(4,5)7-6-9(3)10(12)13/h6,8H,7H2,1-5H3,(H,12,13). The van der Waals surface area contributed by atoms with Crippen molar-refractivity contribution < 1.29 is 9.90 Å². The van der Waals surface area contributed by atoms with Crippen LogP contribution < -0.4 is 0 Å². The molecule has 0 unspecified atom stereocenters. The lowest BCUT2D eigenvalue weighted by Gasteiger charge is -2.27. The first-order valence-electron chi connectivity index (χ1n) is 4.67. The van der Waals surface area contributed by atoms with Crippen molar-refractivity contribution in [2.45, 2.75) is 41.0 Å². The van der Waals surface area contributed by atoms with Crippen LogP contribution in [0.1, 0.15) is 41.0 Å². The zero-order chi connectivity index (χ0) is 10.6. The number of carbonyl (C=O) groups is 1. The first-order valence-corrected chi connectivity index (χ1v) is 4.67. The van der Waals surface area contributed by atoms with Crippen LogP contribution >= 0.6 is 0 Å². The van der Waals surface area contributed by atoms with E-state index in [2.05, 4.69) is 27.7 Å². The molecule has 76 valence electrons. The van der Waals surface area contributed by atoms with Crippen molar-refractivity contribution in [2.24, 2.45) is 11.3 Å². The molecule has 0 radical (unpaired) electrons. The van der Waals surface area contributed by atoms with Crippen LogP contribution in [0.15, 0.2) is 11.6 Å². The van der Waals surface area contributed by atoms with Gasteiger partial charge in [-0.25, -0.2) is 4.79 Å². The van der Waals surface area contributed by atoms with Crippen LogP contribution in [-0.4, -0.2) is 11.1 Å². The molecule has 1 N–H and O–H groups in total. The van der Waals surface area contributed by atoms with Crippen LogP contribution in [0.4, 0.5) is 0 Å².